The number of carbonyl (C=O) groups is 1. The number of amides is 1. The predicted octanol–water partition coefficient (Wildman–Crippen LogP) is 3.59. The van der Waals surface area contributed by atoms with Crippen LogP contribution in [0.4, 0.5) is 5.88 Å². The van der Waals surface area contributed by atoms with E-state index in [1.54, 1.807) is 12.1 Å². The highest BCUT2D eigenvalue weighted by Gasteiger charge is 2.10. The Balaban J connectivity index is 1.77. The van der Waals surface area contributed by atoms with Crippen LogP contribution in [-0.2, 0) is 0 Å². The quantitative estimate of drug-likeness (QED) is 0.786. The summed E-state index contributed by atoms with van der Waals surface area (Å²) in [7, 11) is 0. The summed E-state index contributed by atoms with van der Waals surface area (Å²) in [5, 5.41) is 2.68. The van der Waals surface area contributed by atoms with Crippen molar-refractivity contribution in [2.45, 2.75) is 0 Å². The lowest BCUT2D eigenvalue weighted by atomic mass is 10.2. The molecule has 2 aromatic carbocycles. The van der Waals surface area contributed by atoms with Gasteiger partial charge < -0.3 is 4.42 Å². The number of nitrogens with zero attached hydrogens (tertiary/aromatic N) is 1. The molecule has 98 valence electrons. The topological polar surface area (TPSA) is 55.1 Å². The number of nitrogens with one attached hydrogen (secondary N) is 1. The van der Waals surface area contributed by atoms with Gasteiger partial charge in [-0.05, 0) is 24.3 Å². The zero-order chi connectivity index (χ0) is 13.8. The van der Waals surface area contributed by atoms with Crippen LogP contribution in [0.1, 0.15) is 10.4 Å². The summed E-state index contributed by atoms with van der Waals surface area (Å²) in [6.07, 6.45) is 1.50. The van der Waals surface area contributed by atoms with Gasteiger partial charge in [-0.15, -0.1) is 0 Å². The molecule has 3 rings (SSSR count). The zero-order valence-corrected chi connectivity index (χ0v) is 10.6. The first kappa shape index (κ1) is 12.2. The van der Waals surface area contributed by atoms with E-state index in [1.807, 2.05) is 48.5 Å². The van der Waals surface area contributed by atoms with Crippen LogP contribution in [-0.4, -0.2) is 10.9 Å². The Hall–Kier alpha value is -2.88. The highest BCUT2D eigenvalue weighted by Crippen LogP contribution is 2.21. The fourth-order valence-electron chi connectivity index (χ4n) is 1.82. The van der Waals surface area contributed by atoms with Crippen molar-refractivity contribution < 1.29 is 9.21 Å². The molecule has 0 fully saturated rings. The Kier molecular flexibility index (Phi) is 3.29. The molecule has 1 N–H and O–H groups in total. The predicted molar refractivity (Wildman–Crippen MR) is 76.3 cm³/mol. The molecule has 0 saturated heterocycles. The van der Waals surface area contributed by atoms with E-state index < -0.39 is 0 Å². The molecule has 1 heterocycles. The third-order valence-corrected chi connectivity index (χ3v) is 2.80. The maximum atomic E-state index is 12.0. The minimum absolute atomic E-state index is 0.221. The first-order valence-corrected chi connectivity index (χ1v) is 6.20. The third kappa shape index (κ3) is 2.59. The van der Waals surface area contributed by atoms with Gasteiger partial charge in [0.1, 0.15) is 0 Å². The Bertz CT molecular complexity index is 706. The van der Waals surface area contributed by atoms with Crippen molar-refractivity contribution in [2.75, 3.05) is 5.32 Å². The van der Waals surface area contributed by atoms with Crippen molar-refractivity contribution in [1.82, 2.24) is 4.98 Å². The normalized spacial score (nSPS) is 10.2. The molecule has 20 heavy (non-hydrogen) atoms. The Morgan fingerprint density at radius 1 is 0.950 bits per heavy atom. The minimum atomic E-state index is -0.221. The highest BCUT2D eigenvalue weighted by atomic mass is 16.4. The summed E-state index contributed by atoms with van der Waals surface area (Å²) in [6.45, 7) is 0. The van der Waals surface area contributed by atoms with Crippen LogP contribution in [0.15, 0.2) is 71.3 Å². The second kappa shape index (κ2) is 5.40. The summed E-state index contributed by atoms with van der Waals surface area (Å²) < 4.78 is 5.52. The van der Waals surface area contributed by atoms with E-state index >= 15 is 0 Å². The number of benzene rings is 2. The summed E-state index contributed by atoms with van der Waals surface area (Å²) in [5.74, 6) is 0.591. The molecular formula is C16H12N2O2. The lowest BCUT2D eigenvalue weighted by Gasteiger charge is -2.00. The summed E-state index contributed by atoms with van der Waals surface area (Å²) in [6, 6.07) is 18.5. The Morgan fingerprint density at radius 3 is 2.30 bits per heavy atom. The average Bonchev–Trinajstić information content (AvgIpc) is 2.97. The number of aromatic nitrogens is 1. The van der Waals surface area contributed by atoms with Gasteiger partial charge in [0.25, 0.3) is 5.91 Å². The van der Waals surface area contributed by atoms with Crippen LogP contribution >= 0.6 is 0 Å². The number of anilines is 1. The number of oxazole rings is 1. The smallest absolute Gasteiger partial charge is 0.258 e. The monoisotopic (exact) mass is 264 g/mol. The van der Waals surface area contributed by atoms with Gasteiger partial charge >= 0.3 is 0 Å². The molecule has 0 atom stereocenters. The van der Waals surface area contributed by atoms with Crippen LogP contribution in [0.25, 0.3) is 11.5 Å². The van der Waals surface area contributed by atoms with E-state index in [0.717, 1.165) is 5.56 Å². The fraction of sp³-hybridized carbons (Fsp3) is 0. The van der Waals surface area contributed by atoms with E-state index in [0.29, 0.717) is 17.3 Å². The molecule has 0 saturated carbocycles. The van der Waals surface area contributed by atoms with E-state index in [2.05, 4.69) is 10.3 Å². The van der Waals surface area contributed by atoms with Crippen LogP contribution in [0, 0.1) is 0 Å². The summed E-state index contributed by atoms with van der Waals surface area (Å²) >= 11 is 0. The van der Waals surface area contributed by atoms with Gasteiger partial charge in [-0.1, -0.05) is 36.4 Å². The molecule has 3 aromatic rings. The maximum Gasteiger partial charge on any atom is 0.258 e. The highest BCUT2D eigenvalue weighted by molar-refractivity contribution is 6.03. The third-order valence-electron chi connectivity index (χ3n) is 2.80. The van der Waals surface area contributed by atoms with Gasteiger partial charge in [0.2, 0.25) is 11.8 Å². The van der Waals surface area contributed by atoms with Crippen molar-refractivity contribution in [3.63, 3.8) is 0 Å². The van der Waals surface area contributed by atoms with Gasteiger partial charge in [-0.25, -0.2) is 4.98 Å². The molecular weight excluding hydrogens is 252 g/mol. The SMILES string of the molecule is O=C(Nc1cnc(-c2ccccc2)o1)c1ccccc1. The number of rotatable bonds is 3. The van der Waals surface area contributed by atoms with Gasteiger partial charge in [-0.3, -0.25) is 10.1 Å². The van der Waals surface area contributed by atoms with Gasteiger partial charge in [0, 0.05) is 11.1 Å². The van der Waals surface area contributed by atoms with Gasteiger partial charge in [0.15, 0.2) is 0 Å². The zero-order valence-electron chi connectivity index (χ0n) is 10.6. The first-order chi connectivity index (χ1) is 9.83. The molecule has 0 aliphatic heterocycles. The molecule has 1 aromatic heterocycles. The number of hydrogen-bond acceptors (Lipinski definition) is 3. The molecule has 4 nitrogen and oxygen atoms in total. The lowest BCUT2D eigenvalue weighted by molar-refractivity contribution is 0.102. The van der Waals surface area contributed by atoms with Crippen molar-refractivity contribution in [2.24, 2.45) is 0 Å². The van der Waals surface area contributed by atoms with Crippen LogP contribution in [0.3, 0.4) is 0 Å². The van der Waals surface area contributed by atoms with Crippen molar-refractivity contribution in [3.8, 4) is 11.5 Å². The van der Waals surface area contributed by atoms with Crippen LogP contribution in [0.5, 0.6) is 0 Å². The maximum absolute atomic E-state index is 12.0. The van der Waals surface area contributed by atoms with E-state index in [4.69, 9.17) is 4.42 Å². The summed E-state index contributed by atoms with van der Waals surface area (Å²) in [5.41, 5.74) is 1.44. The van der Waals surface area contributed by atoms with Crippen LogP contribution in [0.2, 0.25) is 0 Å². The molecule has 1 amide bonds. The molecule has 0 radical (unpaired) electrons. The average molecular weight is 264 g/mol. The molecule has 0 bridgehead atoms. The van der Waals surface area contributed by atoms with Crippen LogP contribution < -0.4 is 5.32 Å². The molecule has 0 spiro atoms. The fourth-order valence-corrected chi connectivity index (χ4v) is 1.82. The van der Waals surface area contributed by atoms with Gasteiger partial charge in [-0.2, -0.15) is 0 Å². The largest absolute Gasteiger partial charge is 0.420 e. The Labute approximate surface area is 116 Å². The molecule has 0 unspecified atom stereocenters. The number of carbonyl (C=O) groups excluding carboxylic acids is 1. The van der Waals surface area contributed by atoms with E-state index in [-0.39, 0.29) is 5.91 Å². The first-order valence-electron chi connectivity index (χ1n) is 6.20. The second-order valence-corrected chi connectivity index (χ2v) is 4.22. The second-order valence-electron chi connectivity index (χ2n) is 4.22. The molecule has 4 heteroatoms. The molecule has 0 aliphatic carbocycles. The van der Waals surface area contributed by atoms with Crippen molar-refractivity contribution in [1.29, 1.82) is 0 Å². The lowest BCUT2D eigenvalue weighted by Crippen LogP contribution is -2.10. The van der Waals surface area contributed by atoms with Gasteiger partial charge in [0.05, 0.1) is 6.20 Å². The standard InChI is InChI=1S/C16H12N2O2/c19-15(12-7-3-1-4-8-12)18-14-11-17-16(20-14)13-9-5-2-6-10-13/h1-11H,(H,18,19). The van der Waals surface area contributed by atoms with E-state index in [9.17, 15) is 4.79 Å². The summed E-state index contributed by atoms with van der Waals surface area (Å²) in [4.78, 5) is 16.1. The van der Waals surface area contributed by atoms with Crippen molar-refractivity contribution in [3.05, 3.63) is 72.4 Å². The Morgan fingerprint density at radius 2 is 1.60 bits per heavy atom. The van der Waals surface area contributed by atoms with E-state index in [1.165, 1.54) is 6.20 Å². The molecule has 0 aliphatic rings. The number of hydrogen-bond donors (Lipinski definition) is 1. The minimum Gasteiger partial charge on any atom is -0.420 e. The van der Waals surface area contributed by atoms with Crippen molar-refractivity contribution >= 4 is 11.8 Å².